The number of nitrogens with zero attached hydrogens (tertiary/aromatic N) is 2. The molecule has 0 spiro atoms. The average Bonchev–Trinajstić information content (AvgIpc) is 3.50. The predicted molar refractivity (Wildman–Crippen MR) is 174 cm³/mol. The van der Waals surface area contributed by atoms with E-state index in [0.717, 1.165) is 0 Å². The van der Waals surface area contributed by atoms with E-state index in [2.05, 4.69) is 14.3 Å². The van der Waals surface area contributed by atoms with E-state index in [1.165, 1.54) is 33.7 Å². The number of ether oxygens (including phenoxy) is 2. The van der Waals surface area contributed by atoms with E-state index in [1.807, 2.05) is 0 Å². The molecule has 38 heteroatoms. The molecule has 0 amide bonds. The lowest BCUT2D eigenvalue weighted by Gasteiger charge is -2.13. The highest BCUT2D eigenvalue weighted by Gasteiger charge is 2.36. The summed E-state index contributed by atoms with van der Waals surface area (Å²) in [5.41, 5.74) is -2.16. The van der Waals surface area contributed by atoms with Crippen molar-refractivity contribution in [3.63, 3.8) is 0 Å². The maximum atomic E-state index is 11.4. The summed E-state index contributed by atoms with van der Waals surface area (Å²) >= 11 is 0. The monoisotopic (exact) mass is 928 g/mol. The number of H-pyrrole nitrogens is 2. The number of rotatable bonds is 6. The Morgan fingerprint density at radius 3 is 0.982 bits per heavy atom. The third-order valence-electron chi connectivity index (χ3n) is 5.30. The second-order valence-electron chi connectivity index (χ2n) is 9.87. The molecule has 0 aromatic carbocycles. The summed E-state index contributed by atoms with van der Waals surface area (Å²) in [7, 11) is -24.0. The van der Waals surface area contributed by atoms with Crippen molar-refractivity contribution in [1.82, 2.24) is 19.1 Å². The second-order valence-corrected chi connectivity index (χ2v) is 15.6. The minimum Gasteiger partial charge on any atom is -0.394 e. The smallest absolute Gasteiger partial charge is 0.394 e. The third kappa shape index (κ3) is 30.8. The molecule has 56 heavy (non-hydrogen) atoms. The molecule has 19 N–H and O–H groups in total. The maximum Gasteiger partial charge on any atom is 0.478 e. The molecule has 2 fully saturated rings. The van der Waals surface area contributed by atoms with Crippen molar-refractivity contribution in [1.29, 1.82) is 0 Å². The van der Waals surface area contributed by atoms with Crippen LogP contribution in [0, 0.1) is 0 Å². The van der Waals surface area contributed by atoms with E-state index in [1.54, 1.807) is 0 Å². The molecule has 2 aliphatic heterocycles. The van der Waals surface area contributed by atoms with E-state index in [0.29, 0.717) is 0 Å². The third-order valence-corrected chi connectivity index (χ3v) is 7.01. The number of aromatic nitrogens is 4. The van der Waals surface area contributed by atoms with E-state index in [4.69, 9.17) is 97.0 Å². The molecule has 4 heterocycles. The Morgan fingerprint density at radius 2 is 0.821 bits per heavy atom. The van der Waals surface area contributed by atoms with Crippen molar-refractivity contribution in [2.75, 3.05) is 13.2 Å². The highest BCUT2D eigenvalue weighted by Crippen LogP contribution is 2.53. The highest BCUT2D eigenvalue weighted by atomic mass is 31.3. The van der Waals surface area contributed by atoms with Gasteiger partial charge in [0.2, 0.25) is 0 Å². The molecule has 2 unspecified atom stereocenters. The summed E-state index contributed by atoms with van der Waals surface area (Å²) in [4.78, 5) is 144. The Bertz CT molecular complexity index is 1790. The Balaban J connectivity index is 0. The molecule has 0 radical (unpaired) electrons. The SMILES string of the molecule is O=P(O)(O)O.O=P(O)(O)O.O=P(O)(O)O.O=P(O)(O)OP(=O)(O)O.O=c1ccn(C2C[C@H](O)[C@@H](CO)O2)c(=O)[nH]1.O=c1ccn(C2C[C@H](O)[C@@H](CO)O2)c(=O)[nH]1. The number of hydrogen-bond acceptors (Lipinski definition) is 16. The van der Waals surface area contributed by atoms with Gasteiger partial charge in [-0.25, -0.2) is 32.4 Å². The van der Waals surface area contributed by atoms with Crippen molar-refractivity contribution in [3.8, 4) is 0 Å². The van der Waals surface area contributed by atoms with Crippen LogP contribution >= 0.6 is 39.1 Å². The van der Waals surface area contributed by atoms with Crippen LogP contribution < -0.4 is 22.5 Å². The lowest BCUT2D eigenvalue weighted by Crippen LogP contribution is -2.31. The molecular formula is C18H37N4O29P5. The average molecular weight is 928 g/mol. The number of aliphatic hydroxyl groups is 4. The van der Waals surface area contributed by atoms with Crippen LogP contribution in [-0.4, -0.2) is 141 Å². The van der Waals surface area contributed by atoms with Gasteiger partial charge < -0.3 is 93.5 Å². The molecule has 0 bridgehead atoms. The topological polar surface area (TPSA) is 567 Å². The minimum atomic E-state index is -5.05. The molecule has 2 saturated heterocycles. The van der Waals surface area contributed by atoms with Crippen molar-refractivity contribution < 1.29 is 121 Å². The van der Waals surface area contributed by atoms with Crippen LogP contribution in [0.3, 0.4) is 0 Å². The molecule has 2 aromatic heterocycles. The van der Waals surface area contributed by atoms with E-state index in [9.17, 15) is 38.5 Å². The Kier molecular flexibility index (Phi) is 23.9. The Hall–Kier alpha value is -2.29. The molecule has 0 saturated carbocycles. The van der Waals surface area contributed by atoms with Crippen LogP contribution in [0.2, 0.25) is 0 Å². The van der Waals surface area contributed by atoms with Crippen LogP contribution in [0.25, 0.3) is 0 Å². The number of hydrogen-bond donors (Lipinski definition) is 19. The van der Waals surface area contributed by atoms with Gasteiger partial charge in [-0.05, 0) is 0 Å². The zero-order chi connectivity index (χ0) is 44.6. The van der Waals surface area contributed by atoms with Crippen LogP contribution in [0.5, 0.6) is 0 Å². The number of phosphoric acid groups is 5. The van der Waals surface area contributed by atoms with Crippen molar-refractivity contribution in [2.45, 2.75) is 49.7 Å². The van der Waals surface area contributed by atoms with Crippen molar-refractivity contribution in [2.24, 2.45) is 0 Å². The van der Waals surface area contributed by atoms with Crippen molar-refractivity contribution >= 4 is 39.1 Å². The largest absolute Gasteiger partial charge is 0.478 e. The lowest BCUT2D eigenvalue weighted by atomic mass is 10.2. The summed E-state index contributed by atoms with van der Waals surface area (Å²) in [5.74, 6) is 0. The first-order valence-corrected chi connectivity index (χ1v) is 21.4. The number of aromatic amines is 2. The van der Waals surface area contributed by atoms with E-state index in [-0.39, 0.29) is 26.1 Å². The summed E-state index contributed by atoms with van der Waals surface area (Å²) in [6, 6.07) is 2.40. The molecule has 2 aromatic rings. The van der Waals surface area contributed by atoms with Gasteiger partial charge in [-0.1, -0.05) is 0 Å². The first kappa shape index (κ1) is 55.8. The summed E-state index contributed by atoms with van der Waals surface area (Å²) in [5, 5.41) is 36.8. The molecule has 2 aliphatic rings. The fourth-order valence-corrected chi connectivity index (χ4v) is 4.66. The van der Waals surface area contributed by atoms with Gasteiger partial charge in [-0.3, -0.25) is 28.7 Å². The molecule has 0 aliphatic carbocycles. The summed E-state index contributed by atoms with van der Waals surface area (Å²) < 4.78 is 61.8. The molecule has 6 atom stereocenters. The van der Waals surface area contributed by atoms with Crippen LogP contribution in [0.15, 0.2) is 43.7 Å². The van der Waals surface area contributed by atoms with Gasteiger partial charge in [0.15, 0.2) is 0 Å². The fraction of sp³-hybridized carbons (Fsp3) is 0.556. The van der Waals surface area contributed by atoms with Gasteiger partial charge in [0, 0.05) is 37.4 Å². The standard InChI is InChI=1S/2C9H12N2O5.H4O7P2.3H3O4P/c2*12-4-6-5(13)3-8(16-6)11-2-1-7(14)10-9(11)15;1-8(2,3)7-9(4,5)6;3*1-5(2,3)4/h2*1-2,5-6,8,12-13H,3-4H2,(H,10,14,15);(H2,1,2,3)(H2,4,5,6);3*(H3,1,2,3,4)/t2*5-,6+,8?;;;;/m00..../s1. The second kappa shape index (κ2) is 24.0. The van der Waals surface area contributed by atoms with Gasteiger partial charge in [0.05, 0.1) is 25.4 Å². The molecule has 328 valence electrons. The molecule has 33 nitrogen and oxygen atoms in total. The van der Waals surface area contributed by atoms with Gasteiger partial charge in [-0.2, -0.15) is 4.31 Å². The van der Waals surface area contributed by atoms with Gasteiger partial charge >= 0.3 is 50.5 Å². The first-order valence-electron chi connectivity index (χ1n) is 13.6. The first-order chi connectivity index (χ1) is 24.9. The fourth-order valence-electron chi connectivity index (χ4n) is 3.55. The number of aliphatic hydroxyl groups excluding tert-OH is 4. The van der Waals surface area contributed by atoms with Crippen LogP contribution in [-0.2, 0) is 36.6 Å². The molecular weight excluding hydrogens is 891 g/mol. The van der Waals surface area contributed by atoms with Gasteiger partial charge in [0.25, 0.3) is 11.1 Å². The Morgan fingerprint density at radius 1 is 0.571 bits per heavy atom. The Labute approximate surface area is 308 Å². The van der Waals surface area contributed by atoms with E-state index >= 15 is 0 Å². The minimum absolute atomic E-state index is 0.206. The summed E-state index contributed by atoms with van der Waals surface area (Å²) in [6.07, 6.45) is -1.30. The highest BCUT2D eigenvalue weighted by molar-refractivity contribution is 7.60. The van der Waals surface area contributed by atoms with Crippen molar-refractivity contribution in [3.05, 3.63) is 66.2 Å². The van der Waals surface area contributed by atoms with Gasteiger partial charge in [-0.15, -0.1) is 0 Å². The summed E-state index contributed by atoms with van der Waals surface area (Å²) in [6.45, 7) is -0.620. The normalized spacial score (nSPS) is 22.2. The zero-order valence-corrected chi connectivity index (χ0v) is 31.7. The zero-order valence-electron chi connectivity index (χ0n) is 27.2. The van der Waals surface area contributed by atoms with Gasteiger partial charge in [0.1, 0.15) is 24.7 Å². The predicted octanol–water partition coefficient (Wildman–Crippen LogP) is -7.24. The number of nitrogens with one attached hydrogen (secondary N) is 2. The maximum absolute atomic E-state index is 11.4. The van der Waals surface area contributed by atoms with Crippen LogP contribution in [0.4, 0.5) is 0 Å². The van der Waals surface area contributed by atoms with Crippen LogP contribution in [0.1, 0.15) is 25.3 Å². The molecule has 4 rings (SSSR count). The van der Waals surface area contributed by atoms with E-state index < -0.39 is 98.5 Å². The lowest BCUT2D eigenvalue weighted by molar-refractivity contribution is -0.0459. The quantitative estimate of drug-likeness (QED) is 0.120.